The van der Waals surface area contributed by atoms with Crippen LogP contribution in [-0.2, 0) is 4.79 Å². The molecule has 0 aliphatic heterocycles. The van der Waals surface area contributed by atoms with E-state index in [1.54, 1.807) is 6.08 Å². The number of alkyl halides is 2. The van der Waals surface area contributed by atoms with Crippen molar-refractivity contribution in [2.24, 2.45) is 5.41 Å². The summed E-state index contributed by atoms with van der Waals surface area (Å²) in [5.74, 6) is -0.113. The second-order valence-electron chi connectivity index (χ2n) is 2.80. The highest BCUT2D eigenvalue weighted by atomic mass is 35.5. The minimum Gasteiger partial charge on any atom is -0.296 e. The summed E-state index contributed by atoms with van der Waals surface area (Å²) in [5, 5.41) is 0. The van der Waals surface area contributed by atoms with Gasteiger partial charge in [0.2, 0.25) is 0 Å². The van der Waals surface area contributed by atoms with Crippen molar-refractivity contribution in [3.05, 3.63) is 12.7 Å². The maximum atomic E-state index is 10.8. The van der Waals surface area contributed by atoms with Gasteiger partial charge in [-0.25, -0.2) is 0 Å². The van der Waals surface area contributed by atoms with Gasteiger partial charge in [-0.3, -0.25) is 4.79 Å². The van der Waals surface area contributed by atoms with E-state index in [1.165, 1.54) is 0 Å². The molecule has 1 atom stereocenters. The van der Waals surface area contributed by atoms with E-state index in [0.29, 0.717) is 6.42 Å². The number of hydrogen-bond donors (Lipinski definition) is 0. The number of hydrogen-bond acceptors (Lipinski definition) is 1. The van der Waals surface area contributed by atoms with Crippen LogP contribution in [0.15, 0.2) is 12.7 Å². The molecule has 0 radical (unpaired) electrons. The third-order valence-electron chi connectivity index (χ3n) is 2.05. The number of halogens is 2. The number of ketones is 1. The summed E-state index contributed by atoms with van der Waals surface area (Å²) in [5.41, 5.74) is -0.423. The fraction of sp³-hybridized carbons (Fsp3) is 0.571. The van der Waals surface area contributed by atoms with Crippen molar-refractivity contribution in [1.82, 2.24) is 0 Å². The van der Waals surface area contributed by atoms with Gasteiger partial charge in [0.1, 0.15) is 0 Å². The third-order valence-corrected chi connectivity index (χ3v) is 3.33. The topological polar surface area (TPSA) is 17.1 Å². The molecule has 1 rings (SSSR count). The summed E-state index contributed by atoms with van der Waals surface area (Å²) < 4.78 is -1.23. The standard InChI is InChI=1S/C7H8Cl2O/c1-3-6(2)4-5(10)7(6,8)9/h3H,1,4H2,2H3. The highest BCUT2D eigenvalue weighted by Crippen LogP contribution is 2.54. The Bertz CT molecular complexity index is 195. The molecule has 1 aliphatic carbocycles. The first kappa shape index (κ1) is 8.09. The summed E-state index contributed by atoms with van der Waals surface area (Å²) in [7, 11) is 0. The molecule has 0 aromatic rings. The average molecular weight is 179 g/mol. The zero-order valence-corrected chi connectivity index (χ0v) is 7.17. The first-order chi connectivity index (χ1) is 4.44. The van der Waals surface area contributed by atoms with Crippen LogP contribution in [0.1, 0.15) is 13.3 Å². The van der Waals surface area contributed by atoms with Gasteiger partial charge in [0.25, 0.3) is 0 Å². The Morgan fingerprint density at radius 1 is 1.70 bits per heavy atom. The van der Waals surface area contributed by atoms with Crippen LogP contribution >= 0.6 is 23.2 Å². The summed E-state index contributed by atoms with van der Waals surface area (Å²) >= 11 is 11.4. The van der Waals surface area contributed by atoms with Gasteiger partial charge in [-0.2, -0.15) is 0 Å². The van der Waals surface area contributed by atoms with E-state index in [0.717, 1.165) is 0 Å². The average Bonchev–Trinajstić information content (AvgIpc) is 1.88. The van der Waals surface area contributed by atoms with E-state index in [9.17, 15) is 4.79 Å². The molecule has 0 aromatic carbocycles. The van der Waals surface area contributed by atoms with E-state index in [-0.39, 0.29) is 5.78 Å². The van der Waals surface area contributed by atoms with Crippen molar-refractivity contribution < 1.29 is 4.79 Å². The first-order valence-corrected chi connectivity index (χ1v) is 3.74. The van der Waals surface area contributed by atoms with Gasteiger partial charge in [-0.15, -0.1) is 6.58 Å². The maximum absolute atomic E-state index is 10.8. The number of rotatable bonds is 1. The Kier molecular flexibility index (Phi) is 1.61. The molecule has 56 valence electrons. The van der Waals surface area contributed by atoms with Crippen molar-refractivity contribution in [3.8, 4) is 0 Å². The van der Waals surface area contributed by atoms with Crippen LogP contribution in [0.5, 0.6) is 0 Å². The monoisotopic (exact) mass is 178 g/mol. The molecule has 0 amide bonds. The van der Waals surface area contributed by atoms with Gasteiger partial charge in [-0.05, 0) is 0 Å². The molecule has 1 aliphatic rings. The van der Waals surface area contributed by atoms with E-state index in [2.05, 4.69) is 6.58 Å². The van der Waals surface area contributed by atoms with Crippen LogP contribution < -0.4 is 0 Å². The van der Waals surface area contributed by atoms with Crippen LogP contribution in [-0.4, -0.2) is 10.1 Å². The zero-order chi connectivity index (χ0) is 7.99. The minimum absolute atomic E-state index is 0.113. The Morgan fingerprint density at radius 2 is 2.20 bits per heavy atom. The van der Waals surface area contributed by atoms with Crippen molar-refractivity contribution in [2.45, 2.75) is 17.7 Å². The van der Waals surface area contributed by atoms with Gasteiger partial charge in [0.15, 0.2) is 10.1 Å². The van der Waals surface area contributed by atoms with Crippen molar-refractivity contribution >= 4 is 29.0 Å². The molecule has 1 nitrogen and oxygen atoms in total. The molecule has 3 heteroatoms. The normalized spacial score (nSPS) is 36.9. The number of carbonyl (C=O) groups is 1. The number of carbonyl (C=O) groups excluding carboxylic acids is 1. The molecule has 1 unspecified atom stereocenters. The predicted molar refractivity (Wildman–Crippen MR) is 42.4 cm³/mol. The molecular weight excluding hydrogens is 171 g/mol. The highest BCUT2D eigenvalue weighted by Gasteiger charge is 2.59. The van der Waals surface area contributed by atoms with Crippen LogP contribution in [0.2, 0.25) is 0 Å². The second kappa shape index (κ2) is 1.99. The van der Waals surface area contributed by atoms with Crippen LogP contribution in [0.4, 0.5) is 0 Å². The lowest BCUT2D eigenvalue weighted by Crippen LogP contribution is -2.54. The Hall–Kier alpha value is -0.0100. The fourth-order valence-electron chi connectivity index (χ4n) is 0.968. The molecule has 1 saturated carbocycles. The van der Waals surface area contributed by atoms with Crippen molar-refractivity contribution in [3.63, 3.8) is 0 Å². The number of allylic oxidation sites excluding steroid dienone is 1. The molecular formula is C7H8Cl2O. The van der Waals surface area contributed by atoms with E-state index >= 15 is 0 Å². The van der Waals surface area contributed by atoms with Crippen LogP contribution in [0.3, 0.4) is 0 Å². The molecule has 0 bridgehead atoms. The summed E-state index contributed by atoms with van der Waals surface area (Å²) in [6, 6.07) is 0. The maximum Gasteiger partial charge on any atom is 0.185 e. The lowest BCUT2D eigenvalue weighted by molar-refractivity contribution is -0.130. The summed E-state index contributed by atoms with van der Waals surface area (Å²) in [6.07, 6.45) is 2.04. The molecule has 0 spiro atoms. The van der Waals surface area contributed by atoms with Gasteiger partial charge < -0.3 is 0 Å². The van der Waals surface area contributed by atoms with Crippen LogP contribution in [0, 0.1) is 5.41 Å². The Morgan fingerprint density at radius 3 is 2.30 bits per heavy atom. The molecule has 10 heavy (non-hydrogen) atoms. The molecule has 0 saturated heterocycles. The molecule has 1 fully saturated rings. The van der Waals surface area contributed by atoms with Gasteiger partial charge >= 0.3 is 0 Å². The first-order valence-electron chi connectivity index (χ1n) is 2.99. The van der Waals surface area contributed by atoms with Gasteiger partial charge in [0.05, 0.1) is 0 Å². The minimum atomic E-state index is -1.23. The third kappa shape index (κ3) is 0.739. The lowest BCUT2D eigenvalue weighted by atomic mass is 9.68. The van der Waals surface area contributed by atoms with E-state index in [4.69, 9.17) is 23.2 Å². The lowest BCUT2D eigenvalue weighted by Gasteiger charge is -2.45. The van der Waals surface area contributed by atoms with Crippen molar-refractivity contribution in [1.29, 1.82) is 0 Å². The quantitative estimate of drug-likeness (QED) is 0.446. The summed E-state index contributed by atoms with van der Waals surface area (Å²) in [4.78, 5) is 10.8. The largest absolute Gasteiger partial charge is 0.296 e. The van der Waals surface area contributed by atoms with Crippen LogP contribution in [0.25, 0.3) is 0 Å². The van der Waals surface area contributed by atoms with E-state index in [1.807, 2.05) is 6.92 Å². The number of Topliss-reactive ketones (excluding diaryl/α,β-unsaturated/α-hetero) is 1. The van der Waals surface area contributed by atoms with E-state index < -0.39 is 9.75 Å². The summed E-state index contributed by atoms with van der Waals surface area (Å²) in [6.45, 7) is 5.38. The Labute approximate surface area is 70.0 Å². The van der Waals surface area contributed by atoms with Gasteiger partial charge in [0, 0.05) is 11.8 Å². The smallest absolute Gasteiger partial charge is 0.185 e. The molecule has 0 heterocycles. The highest BCUT2D eigenvalue weighted by molar-refractivity contribution is 6.61. The fourth-order valence-corrected chi connectivity index (χ4v) is 1.39. The Balaban J connectivity index is 2.90. The molecule has 0 aromatic heterocycles. The van der Waals surface area contributed by atoms with Gasteiger partial charge in [-0.1, -0.05) is 36.2 Å². The predicted octanol–water partition coefficient (Wildman–Crippen LogP) is 2.33. The zero-order valence-electron chi connectivity index (χ0n) is 5.66. The second-order valence-corrected chi connectivity index (χ2v) is 4.12. The molecule has 0 N–H and O–H groups in total. The van der Waals surface area contributed by atoms with Crippen molar-refractivity contribution in [2.75, 3.05) is 0 Å². The SMILES string of the molecule is C=CC1(C)CC(=O)C1(Cl)Cl.